The Morgan fingerprint density at radius 2 is 1.69 bits per heavy atom. The molecule has 0 spiro atoms. The zero-order valence-electron chi connectivity index (χ0n) is 16.1. The molecule has 140 valence electrons. The number of imidazole rings is 1. The molecule has 0 atom stereocenters. The van der Waals surface area contributed by atoms with Crippen LogP contribution in [0.5, 0.6) is 0 Å². The van der Waals surface area contributed by atoms with Crippen LogP contribution in [0.3, 0.4) is 0 Å². The molecule has 3 heterocycles. The van der Waals surface area contributed by atoms with Crippen molar-refractivity contribution in [3.8, 4) is 5.82 Å². The summed E-state index contributed by atoms with van der Waals surface area (Å²) in [5.41, 5.74) is 2.08. The highest BCUT2D eigenvalue weighted by atomic mass is 16.2. The van der Waals surface area contributed by atoms with Crippen LogP contribution in [0.4, 0.5) is 5.82 Å². The lowest BCUT2D eigenvalue weighted by molar-refractivity contribution is -0.136. The number of hydrogen-bond acceptors (Lipinski definition) is 5. The maximum atomic E-state index is 12.6. The SMILES string of the molecule is CCC(CC)C(=O)N1CCN(c2cc(-n3cnc(C)c3C)ncn2)CC1. The van der Waals surface area contributed by atoms with Gasteiger partial charge in [-0.1, -0.05) is 13.8 Å². The first-order chi connectivity index (χ1) is 12.5. The highest BCUT2D eigenvalue weighted by Gasteiger charge is 2.26. The molecule has 1 aliphatic rings. The zero-order chi connectivity index (χ0) is 18.7. The van der Waals surface area contributed by atoms with Crippen LogP contribution in [0.2, 0.25) is 0 Å². The number of amides is 1. The molecule has 3 rings (SSSR count). The molecule has 7 nitrogen and oxygen atoms in total. The van der Waals surface area contributed by atoms with Crippen LogP contribution < -0.4 is 4.90 Å². The molecule has 0 saturated carbocycles. The smallest absolute Gasteiger partial charge is 0.225 e. The van der Waals surface area contributed by atoms with Crippen molar-refractivity contribution < 1.29 is 4.79 Å². The molecule has 26 heavy (non-hydrogen) atoms. The van der Waals surface area contributed by atoms with Crippen molar-refractivity contribution in [3.05, 3.63) is 30.1 Å². The van der Waals surface area contributed by atoms with Gasteiger partial charge in [-0.05, 0) is 26.7 Å². The summed E-state index contributed by atoms with van der Waals surface area (Å²) in [4.78, 5) is 29.9. The minimum absolute atomic E-state index is 0.152. The molecule has 0 radical (unpaired) electrons. The van der Waals surface area contributed by atoms with Gasteiger partial charge in [0.05, 0.1) is 5.69 Å². The van der Waals surface area contributed by atoms with Gasteiger partial charge in [0.2, 0.25) is 5.91 Å². The lowest BCUT2D eigenvalue weighted by Gasteiger charge is -2.36. The molecule has 0 aromatic carbocycles. The van der Waals surface area contributed by atoms with Gasteiger partial charge in [0.1, 0.15) is 24.3 Å². The standard InChI is InChI=1S/C19H28N6O/c1-5-16(6-2)19(26)24-9-7-23(8-10-24)17-11-18(21-12-20-17)25-13-22-14(3)15(25)4/h11-13,16H,5-10H2,1-4H3. The fourth-order valence-corrected chi connectivity index (χ4v) is 3.42. The Labute approximate surface area is 155 Å². The van der Waals surface area contributed by atoms with E-state index in [-0.39, 0.29) is 5.92 Å². The predicted molar refractivity (Wildman–Crippen MR) is 101 cm³/mol. The molecular formula is C19H28N6O. The van der Waals surface area contributed by atoms with E-state index in [1.54, 1.807) is 12.7 Å². The number of carbonyl (C=O) groups excluding carboxylic acids is 1. The molecule has 7 heteroatoms. The molecule has 1 aliphatic heterocycles. The van der Waals surface area contributed by atoms with Gasteiger partial charge in [0.15, 0.2) is 0 Å². The lowest BCUT2D eigenvalue weighted by Crippen LogP contribution is -2.50. The molecule has 0 N–H and O–H groups in total. The van der Waals surface area contributed by atoms with Crippen molar-refractivity contribution in [2.75, 3.05) is 31.1 Å². The third kappa shape index (κ3) is 3.57. The number of aromatic nitrogens is 4. The number of piperazine rings is 1. The minimum Gasteiger partial charge on any atom is -0.353 e. The summed E-state index contributed by atoms with van der Waals surface area (Å²) >= 11 is 0. The number of aryl methyl sites for hydroxylation is 1. The van der Waals surface area contributed by atoms with E-state index in [4.69, 9.17) is 0 Å². The van der Waals surface area contributed by atoms with Crippen molar-refractivity contribution >= 4 is 11.7 Å². The summed E-state index contributed by atoms with van der Waals surface area (Å²) < 4.78 is 1.98. The van der Waals surface area contributed by atoms with E-state index >= 15 is 0 Å². The molecule has 0 aliphatic carbocycles. The Morgan fingerprint density at radius 1 is 1.04 bits per heavy atom. The van der Waals surface area contributed by atoms with Gasteiger partial charge in [-0.2, -0.15) is 0 Å². The van der Waals surface area contributed by atoms with E-state index in [0.29, 0.717) is 5.91 Å². The molecular weight excluding hydrogens is 328 g/mol. The van der Waals surface area contributed by atoms with Gasteiger partial charge in [0, 0.05) is 43.9 Å². The van der Waals surface area contributed by atoms with Gasteiger partial charge >= 0.3 is 0 Å². The Bertz CT molecular complexity index is 759. The van der Waals surface area contributed by atoms with Crippen molar-refractivity contribution in [2.45, 2.75) is 40.5 Å². The molecule has 1 saturated heterocycles. The second-order valence-electron chi connectivity index (χ2n) is 6.85. The summed E-state index contributed by atoms with van der Waals surface area (Å²) in [5.74, 6) is 2.17. The highest BCUT2D eigenvalue weighted by molar-refractivity contribution is 5.79. The van der Waals surface area contributed by atoms with Crippen LogP contribution >= 0.6 is 0 Å². The summed E-state index contributed by atoms with van der Waals surface area (Å²) in [6, 6.07) is 1.99. The van der Waals surface area contributed by atoms with E-state index in [2.05, 4.69) is 33.7 Å². The highest BCUT2D eigenvalue weighted by Crippen LogP contribution is 2.19. The maximum Gasteiger partial charge on any atom is 0.225 e. The normalized spacial score (nSPS) is 15.0. The Kier molecular flexibility index (Phi) is 5.54. The van der Waals surface area contributed by atoms with Gasteiger partial charge in [-0.3, -0.25) is 9.36 Å². The predicted octanol–water partition coefficient (Wildman–Crippen LogP) is 2.36. The van der Waals surface area contributed by atoms with Crippen LogP contribution in [0.15, 0.2) is 18.7 Å². The number of hydrogen-bond donors (Lipinski definition) is 0. The summed E-state index contributed by atoms with van der Waals surface area (Å²) in [5, 5.41) is 0. The van der Waals surface area contributed by atoms with E-state index in [0.717, 1.165) is 62.0 Å². The topological polar surface area (TPSA) is 67.2 Å². The molecule has 2 aromatic heterocycles. The maximum absolute atomic E-state index is 12.6. The molecule has 1 amide bonds. The summed E-state index contributed by atoms with van der Waals surface area (Å²) in [7, 11) is 0. The lowest BCUT2D eigenvalue weighted by atomic mass is 10.0. The average Bonchev–Trinajstić information content (AvgIpc) is 3.02. The second kappa shape index (κ2) is 7.85. The van der Waals surface area contributed by atoms with Crippen molar-refractivity contribution in [3.63, 3.8) is 0 Å². The zero-order valence-corrected chi connectivity index (χ0v) is 16.1. The van der Waals surface area contributed by atoms with Gasteiger partial charge in [0.25, 0.3) is 0 Å². The second-order valence-corrected chi connectivity index (χ2v) is 6.85. The number of nitrogens with zero attached hydrogens (tertiary/aromatic N) is 6. The van der Waals surface area contributed by atoms with Gasteiger partial charge in [-0.15, -0.1) is 0 Å². The third-order valence-corrected chi connectivity index (χ3v) is 5.39. The Balaban J connectivity index is 1.69. The van der Waals surface area contributed by atoms with Crippen molar-refractivity contribution in [2.24, 2.45) is 5.92 Å². The molecule has 0 bridgehead atoms. The van der Waals surface area contributed by atoms with E-state index in [9.17, 15) is 4.79 Å². The van der Waals surface area contributed by atoms with Gasteiger partial charge in [-0.25, -0.2) is 15.0 Å². The minimum atomic E-state index is 0.152. The fourth-order valence-electron chi connectivity index (χ4n) is 3.42. The Morgan fingerprint density at radius 3 is 2.27 bits per heavy atom. The van der Waals surface area contributed by atoms with Crippen molar-refractivity contribution in [1.82, 2.24) is 24.4 Å². The van der Waals surface area contributed by atoms with E-state index in [1.165, 1.54) is 0 Å². The third-order valence-electron chi connectivity index (χ3n) is 5.39. The monoisotopic (exact) mass is 356 g/mol. The van der Waals surface area contributed by atoms with Crippen molar-refractivity contribution in [1.29, 1.82) is 0 Å². The van der Waals surface area contributed by atoms with Gasteiger partial charge < -0.3 is 9.80 Å². The first kappa shape index (κ1) is 18.4. The van der Waals surface area contributed by atoms with E-state index < -0.39 is 0 Å². The Hall–Kier alpha value is -2.44. The van der Waals surface area contributed by atoms with Crippen LogP contribution in [0.1, 0.15) is 38.1 Å². The largest absolute Gasteiger partial charge is 0.353 e. The number of anilines is 1. The number of carbonyl (C=O) groups is 1. The summed E-state index contributed by atoms with van der Waals surface area (Å²) in [6.07, 6.45) is 5.22. The quantitative estimate of drug-likeness (QED) is 0.823. The number of rotatable bonds is 5. The van der Waals surface area contributed by atoms with Crippen LogP contribution in [-0.4, -0.2) is 56.5 Å². The van der Waals surface area contributed by atoms with Crippen LogP contribution in [0.25, 0.3) is 5.82 Å². The fraction of sp³-hybridized carbons (Fsp3) is 0.579. The first-order valence-corrected chi connectivity index (χ1v) is 9.41. The molecule has 0 unspecified atom stereocenters. The van der Waals surface area contributed by atoms with Crippen LogP contribution in [-0.2, 0) is 4.79 Å². The van der Waals surface area contributed by atoms with E-state index in [1.807, 2.05) is 29.4 Å². The first-order valence-electron chi connectivity index (χ1n) is 9.41. The average molecular weight is 356 g/mol. The molecule has 2 aromatic rings. The molecule has 1 fully saturated rings. The van der Waals surface area contributed by atoms with Crippen LogP contribution in [0, 0.1) is 19.8 Å². The summed E-state index contributed by atoms with van der Waals surface area (Å²) in [6.45, 7) is 11.3.